The number of rotatable bonds is 5. The number of methoxy groups -OCH3 is 1. The molecule has 2 aliphatic rings. The molecule has 1 aromatic carbocycles. The average molecular weight is 346 g/mol. The van der Waals surface area contributed by atoms with Crippen molar-refractivity contribution in [1.82, 2.24) is 4.72 Å². The van der Waals surface area contributed by atoms with Crippen molar-refractivity contribution in [2.45, 2.75) is 30.4 Å². The Balaban J connectivity index is 1.85. The molecule has 0 spiro atoms. The fourth-order valence-electron chi connectivity index (χ4n) is 3.59. The van der Waals surface area contributed by atoms with Gasteiger partial charge in [0.1, 0.15) is 4.90 Å². The molecule has 1 saturated carbocycles. The van der Waals surface area contributed by atoms with Crippen LogP contribution in [-0.2, 0) is 19.5 Å². The highest BCUT2D eigenvalue weighted by Crippen LogP contribution is 2.44. The standard InChI is InChI=1S/C15H20ClNO4S/c1-9-4-3-5-12(16)15(9)22(18,19)17-13-10-6-7-21-14(10)11(13)8-20-2/h3-5,10-11,13-14,17H,6-8H2,1-2H3/t10-,11-,13-,14-/m0/s1. The summed E-state index contributed by atoms with van der Waals surface area (Å²) in [5.41, 5.74) is 0.641. The minimum absolute atomic E-state index is 0.0510. The zero-order valence-corrected chi connectivity index (χ0v) is 14.2. The monoisotopic (exact) mass is 345 g/mol. The first-order valence-electron chi connectivity index (χ1n) is 7.33. The fraction of sp³-hybridized carbons (Fsp3) is 0.600. The maximum absolute atomic E-state index is 12.7. The molecule has 1 aliphatic carbocycles. The Morgan fingerprint density at radius 1 is 1.45 bits per heavy atom. The minimum Gasteiger partial charge on any atom is -0.384 e. The molecule has 0 radical (unpaired) electrons. The average Bonchev–Trinajstić information content (AvgIpc) is 2.86. The zero-order chi connectivity index (χ0) is 15.9. The molecule has 22 heavy (non-hydrogen) atoms. The number of aryl methyl sites for hydroxylation is 1. The summed E-state index contributed by atoms with van der Waals surface area (Å²) < 4.78 is 39.2. The van der Waals surface area contributed by atoms with Crippen LogP contribution in [0, 0.1) is 18.8 Å². The van der Waals surface area contributed by atoms with E-state index in [-0.39, 0.29) is 33.9 Å². The molecule has 1 saturated heterocycles. The van der Waals surface area contributed by atoms with E-state index in [0.717, 1.165) is 6.42 Å². The second-order valence-electron chi connectivity index (χ2n) is 5.94. The van der Waals surface area contributed by atoms with Crippen LogP contribution in [0.15, 0.2) is 23.1 Å². The summed E-state index contributed by atoms with van der Waals surface area (Å²) in [6, 6.07) is 4.93. The van der Waals surface area contributed by atoms with Gasteiger partial charge in [0.15, 0.2) is 0 Å². The molecular formula is C15H20ClNO4S. The molecule has 122 valence electrons. The highest BCUT2D eigenvalue weighted by Gasteiger charge is 2.55. The third kappa shape index (κ3) is 2.67. The number of sulfonamides is 1. The van der Waals surface area contributed by atoms with Gasteiger partial charge in [0, 0.05) is 31.6 Å². The van der Waals surface area contributed by atoms with Gasteiger partial charge >= 0.3 is 0 Å². The molecule has 1 aliphatic heterocycles. The molecule has 4 atom stereocenters. The Labute approximate surface area is 136 Å². The molecular weight excluding hydrogens is 326 g/mol. The van der Waals surface area contributed by atoms with E-state index in [1.165, 1.54) is 0 Å². The van der Waals surface area contributed by atoms with Gasteiger partial charge < -0.3 is 9.47 Å². The number of fused-ring (bicyclic) bond motifs is 1. The second kappa shape index (κ2) is 6.09. The van der Waals surface area contributed by atoms with Crippen molar-refractivity contribution in [2.75, 3.05) is 20.3 Å². The lowest BCUT2D eigenvalue weighted by Gasteiger charge is -2.47. The third-order valence-corrected chi connectivity index (χ3v) is 6.70. The largest absolute Gasteiger partial charge is 0.384 e. The Kier molecular flexibility index (Phi) is 4.49. The Morgan fingerprint density at radius 3 is 2.91 bits per heavy atom. The molecule has 1 heterocycles. The molecule has 0 aromatic heterocycles. The highest BCUT2D eigenvalue weighted by molar-refractivity contribution is 7.89. The van der Waals surface area contributed by atoms with E-state index >= 15 is 0 Å². The lowest BCUT2D eigenvalue weighted by atomic mass is 9.68. The number of hydrogen-bond acceptors (Lipinski definition) is 4. The molecule has 0 bridgehead atoms. The smallest absolute Gasteiger partial charge is 0.242 e. The van der Waals surface area contributed by atoms with Crippen LogP contribution in [0.5, 0.6) is 0 Å². The van der Waals surface area contributed by atoms with Gasteiger partial charge in [0.05, 0.1) is 17.7 Å². The summed E-state index contributed by atoms with van der Waals surface area (Å²) in [4.78, 5) is 0.162. The molecule has 1 aromatic rings. The second-order valence-corrected chi connectivity index (χ2v) is 8.00. The van der Waals surface area contributed by atoms with Crippen LogP contribution in [0.1, 0.15) is 12.0 Å². The van der Waals surface area contributed by atoms with Gasteiger partial charge in [-0.25, -0.2) is 13.1 Å². The Hall–Kier alpha value is -0.660. The third-order valence-electron chi connectivity index (χ3n) is 4.61. The zero-order valence-electron chi connectivity index (χ0n) is 12.6. The predicted molar refractivity (Wildman–Crippen MR) is 83.5 cm³/mol. The highest BCUT2D eigenvalue weighted by atomic mass is 35.5. The molecule has 0 amide bonds. The molecule has 0 unspecified atom stereocenters. The van der Waals surface area contributed by atoms with Crippen molar-refractivity contribution in [3.63, 3.8) is 0 Å². The van der Waals surface area contributed by atoms with E-state index in [2.05, 4.69) is 4.72 Å². The van der Waals surface area contributed by atoms with Crippen molar-refractivity contribution in [1.29, 1.82) is 0 Å². The van der Waals surface area contributed by atoms with Crippen LogP contribution in [0.25, 0.3) is 0 Å². The Bertz CT molecular complexity index is 643. The van der Waals surface area contributed by atoms with Crippen molar-refractivity contribution in [2.24, 2.45) is 11.8 Å². The number of ether oxygens (including phenoxy) is 2. The lowest BCUT2D eigenvalue weighted by molar-refractivity contribution is -0.0775. The van der Waals surface area contributed by atoms with E-state index in [1.54, 1.807) is 32.2 Å². The van der Waals surface area contributed by atoms with E-state index in [9.17, 15) is 8.42 Å². The van der Waals surface area contributed by atoms with Crippen LogP contribution < -0.4 is 4.72 Å². The molecule has 3 rings (SSSR count). The van der Waals surface area contributed by atoms with Crippen LogP contribution in [0.2, 0.25) is 5.02 Å². The predicted octanol–water partition coefficient (Wildman–Crippen LogP) is 1.98. The number of nitrogens with one attached hydrogen (secondary N) is 1. The minimum atomic E-state index is -3.66. The van der Waals surface area contributed by atoms with Crippen molar-refractivity contribution < 1.29 is 17.9 Å². The first-order valence-corrected chi connectivity index (χ1v) is 9.20. The SMILES string of the molecule is COC[C@H]1[C@@H](NS(=O)(=O)c2c(C)cccc2Cl)[C@@H]2CCO[C@@H]21. The van der Waals surface area contributed by atoms with Gasteiger partial charge in [0.2, 0.25) is 10.0 Å². The fourth-order valence-corrected chi connectivity index (χ4v) is 5.76. The number of halogens is 1. The van der Waals surface area contributed by atoms with Gasteiger partial charge in [-0.3, -0.25) is 0 Å². The molecule has 7 heteroatoms. The summed E-state index contributed by atoms with van der Waals surface area (Å²) in [6.07, 6.45) is 0.972. The van der Waals surface area contributed by atoms with Crippen LogP contribution in [-0.4, -0.2) is 40.9 Å². The van der Waals surface area contributed by atoms with Gasteiger partial charge in [-0.1, -0.05) is 23.7 Å². The van der Waals surface area contributed by atoms with E-state index in [0.29, 0.717) is 18.8 Å². The normalized spacial score (nSPS) is 30.9. The summed E-state index contributed by atoms with van der Waals surface area (Å²) in [7, 11) is -2.05. The summed E-state index contributed by atoms with van der Waals surface area (Å²) in [6.45, 7) is 2.91. The Morgan fingerprint density at radius 2 is 2.23 bits per heavy atom. The molecule has 2 fully saturated rings. The lowest BCUT2D eigenvalue weighted by Crippen LogP contribution is -2.62. The maximum Gasteiger partial charge on any atom is 0.242 e. The van der Waals surface area contributed by atoms with Gasteiger partial charge in [-0.2, -0.15) is 0 Å². The van der Waals surface area contributed by atoms with Crippen LogP contribution in [0.4, 0.5) is 0 Å². The van der Waals surface area contributed by atoms with E-state index < -0.39 is 10.0 Å². The van der Waals surface area contributed by atoms with E-state index in [4.69, 9.17) is 21.1 Å². The van der Waals surface area contributed by atoms with Gasteiger partial charge in [-0.15, -0.1) is 0 Å². The molecule has 5 nitrogen and oxygen atoms in total. The first-order chi connectivity index (χ1) is 10.5. The van der Waals surface area contributed by atoms with Crippen LogP contribution in [0.3, 0.4) is 0 Å². The summed E-state index contributed by atoms with van der Waals surface area (Å²) in [5.74, 6) is 0.271. The number of benzene rings is 1. The maximum atomic E-state index is 12.7. The van der Waals surface area contributed by atoms with Crippen molar-refractivity contribution in [3.05, 3.63) is 28.8 Å². The van der Waals surface area contributed by atoms with E-state index in [1.807, 2.05) is 0 Å². The molecule has 1 N–H and O–H groups in total. The van der Waals surface area contributed by atoms with Gasteiger partial charge in [-0.05, 0) is 25.0 Å². The summed E-state index contributed by atoms with van der Waals surface area (Å²) >= 11 is 6.10. The van der Waals surface area contributed by atoms with Crippen LogP contribution >= 0.6 is 11.6 Å². The topological polar surface area (TPSA) is 64.6 Å². The first kappa shape index (κ1) is 16.2. The quantitative estimate of drug-likeness (QED) is 0.886. The van der Waals surface area contributed by atoms with Gasteiger partial charge in [0.25, 0.3) is 0 Å². The van der Waals surface area contributed by atoms with Crippen molar-refractivity contribution >= 4 is 21.6 Å². The number of hydrogen-bond donors (Lipinski definition) is 1. The van der Waals surface area contributed by atoms with Crippen molar-refractivity contribution in [3.8, 4) is 0 Å². The summed E-state index contributed by atoms with van der Waals surface area (Å²) in [5, 5.41) is 0.245.